The third-order valence-corrected chi connectivity index (χ3v) is 4.61. The molecule has 0 saturated carbocycles. The molecule has 2 aromatic rings. The molecular formula is C16H21N3OS. The Hall–Kier alpha value is -1.62. The van der Waals surface area contributed by atoms with Crippen molar-refractivity contribution in [1.82, 2.24) is 14.8 Å². The second-order valence-corrected chi connectivity index (χ2v) is 6.85. The number of aromatic nitrogens is 3. The van der Waals surface area contributed by atoms with Gasteiger partial charge in [-0.2, -0.15) is 0 Å². The molecule has 0 aliphatic rings. The monoisotopic (exact) mass is 303 g/mol. The van der Waals surface area contributed by atoms with Crippen molar-refractivity contribution in [2.75, 3.05) is 0 Å². The van der Waals surface area contributed by atoms with E-state index < -0.39 is 0 Å². The summed E-state index contributed by atoms with van der Waals surface area (Å²) in [5, 5.41) is 8.64. The Labute approximate surface area is 130 Å². The minimum Gasteiger partial charge on any atom is -0.306 e. The van der Waals surface area contributed by atoms with Gasteiger partial charge < -0.3 is 4.57 Å². The fourth-order valence-electron chi connectivity index (χ4n) is 2.01. The van der Waals surface area contributed by atoms with E-state index in [4.69, 9.17) is 0 Å². The Kier molecular flexibility index (Phi) is 4.83. The molecule has 0 N–H and O–H groups in total. The lowest BCUT2D eigenvalue weighted by atomic mass is 10.0. The van der Waals surface area contributed by atoms with Crippen LogP contribution in [0, 0.1) is 13.8 Å². The molecule has 0 radical (unpaired) electrons. The summed E-state index contributed by atoms with van der Waals surface area (Å²) in [6.45, 7) is 10.1. The highest BCUT2D eigenvalue weighted by Crippen LogP contribution is 2.26. The SMILES string of the molecule is Cc1ccc(C(=O)C(C)Sc2nncn2C(C)C)cc1C. The van der Waals surface area contributed by atoms with Crippen LogP contribution < -0.4 is 0 Å². The standard InChI is InChI=1S/C16H21N3OS/c1-10(2)19-9-17-18-16(19)21-13(5)15(20)14-7-6-11(3)12(4)8-14/h6-10,13H,1-5H3. The molecule has 1 heterocycles. The number of hydrogen-bond acceptors (Lipinski definition) is 4. The first-order valence-corrected chi connectivity index (χ1v) is 7.95. The first-order chi connectivity index (χ1) is 9.90. The maximum absolute atomic E-state index is 12.5. The first-order valence-electron chi connectivity index (χ1n) is 7.07. The number of hydrogen-bond donors (Lipinski definition) is 0. The van der Waals surface area contributed by atoms with E-state index in [2.05, 4.69) is 24.0 Å². The van der Waals surface area contributed by atoms with E-state index in [9.17, 15) is 4.79 Å². The van der Waals surface area contributed by atoms with E-state index in [0.717, 1.165) is 16.3 Å². The van der Waals surface area contributed by atoms with E-state index in [0.29, 0.717) is 0 Å². The largest absolute Gasteiger partial charge is 0.306 e. The minimum absolute atomic E-state index is 0.126. The molecule has 0 aliphatic heterocycles. The predicted molar refractivity (Wildman–Crippen MR) is 86.0 cm³/mol. The summed E-state index contributed by atoms with van der Waals surface area (Å²) in [6, 6.07) is 6.14. The van der Waals surface area contributed by atoms with Crippen molar-refractivity contribution >= 4 is 17.5 Å². The molecule has 0 saturated heterocycles. The van der Waals surface area contributed by atoms with Gasteiger partial charge in [0.15, 0.2) is 10.9 Å². The molecule has 0 bridgehead atoms. The van der Waals surface area contributed by atoms with Gasteiger partial charge in [-0.15, -0.1) is 10.2 Å². The zero-order valence-corrected chi connectivity index (χ0v) is 13.9. The average molecular weight is 303 g/mol. The molecule has 1 unspecified atom stereocenters. The summed E-state index contributed by atoms with van der Waals surface area (Å²) in [7, 11) is 0. The fourth-order valence-corrected chi connectivity index (χ4v) is 3.04. The van der Waals surface area contributed by atoms with Gasteiger partial charge in [-0.25, -0.2) is 0 Å². The molecule has 1 aromatic heterocycles. The topological polar surface area (TPSA) is 47.8 Å². The quantitative estimate of drug-likeness (QED) is 0.622. The van der Waals surface area contributed by atoms with Crippen molar-refractivity contribution in [3.05, 3.63) is 41.2 Å². The Morgan fingerprint density at radius 1 is 1.19 bits per heavy atom. The number of ketones is 1. The van der Waals surface area contributed by atoms with Crippen molar-refractivity contribution in [1.29, 1.82) is 0 Å². The van der Waals surface area contributed by atoms with Gasteiger partial charge in [0.2, 0.25) is 0 Å². The lowest BCUT2D eigenvalue weighted by Gasteiger charge is -2.13. The highest BCUT2D eigenvalue weighted by Gasteiger charge is 2.20. The smallest absolute Gasteiger partial charge is 0.191 e. The van der Waals surface area contributed by atoms with Crippen LogP contribution in [0.3, 0.4) is 0 Å². The molecule has 5 heteroatoms. The summed E-state index contributed by atoms with van der Waals surface area (Å²) in [5.41, 5.74) is 3.10. The molecule has 1 atom stereocenters. The maximum atomic E-state index is 12.5. The summed E-state index contributed by atoms with van der Waals surface area (Å²) < 4.78 is 1.98. The van der Waals surface area contributed by atoms with E-state index in [1.807, 2.05) is 43.5 Å². The van der Waals surface area contributed by atoms with Gasteiger partial charge in [0, 0.05) is 11.6 Å². The number of rotatable bonds is 5. The van der Waals surface area contributed by atoms with Gasteiger partial charge in [-0.1, -0.05) is 23.9 Å². The zero-order valence-electron chi connectivity index (χ0n) is 13.1. The third kappa shape index (κ3) is 3.53. The van der Waals surface area contributed by atoms with E-state index in [-0.39, 0.29) is 17.1 Å². The van der Waals surface area contributed by atoms with Crippen LogP contribution in [-0.4, -0.2) is 25.8 Å². The maximum Gasteiger partial charge on any atom is 0.191 e. The molecule has 4 nitrogen and oxygen atoms in total. The Morgan fingerprint density at radius 3 is 2.52 bits per heavy atom. The number of nitrogens with zero attached hydrogens (tertiary/aromatic N) is 3. The van der Waals surface area contributed by atoms with Gasteiger partial charge in [-0.05, 0) is 51.8 Å². The fraction of sp³-hybridized carbons (Fsp3) is 0.438. The van der Waals surface area contributed by atoms with Crippen LogP contribution in [0.1, 0.15) is 48.3 Å². The Balaban J connectivity index is 2.15. The number of carbonyl (C=O) groups excluding carboxylic acids is 1. The van der Waals surface area contributed by atoms with Gasteiger partial charge in [0.05, 0.1) is 5.25 Å². The van der Waals surface area contributed by atoms with Crippen molar-refractivity contribution in [2.24, 2.45) is 0 Å². The normalized spacial score (nSPS) is 12.7. The highest BCUT2D eigenvalue weighted by atomic mass is 32.2. The van der Waals surface area contributed by atoms with Gasteiger partial charge in [0.25, 0.3) is 0 Å². The molecule has 0 aliphatic carbocycles. The average Bonchev–Trinajstić information content (AvgIpc) is 2.89. The highest BCUT2D eigenvalue weighted by molar-refractivity contribution is 8.00. The Morgan fingerprint density at radius 2 is 1.90 bits per heavy atom. The Bertz CT molecular complexity index is 649. The van der Waals surface area contributed by atoms with Crippen molar-refractivity contribution in [3.8, 4) is 0 Å². The molecular weight excluding hydrogens is 282 g/mol. The summed E-state index contributed by atoms with van der Waals surface area (Å²) in [5.74, 6) is 0.126. The van der Waals surface area contributed by atoms with Crippen molar-refractivity contribution in [2.45, 2.75) is 51.1 Å². The number of thioether (sulfide) groups is 1. The van der Waals surface area contributed by atoms with E-state index >= 15 is 0 Å². The van der Waals surface area contributed by atoms with Crippen LogP contribution in [0.2, 0.25) is 0 Å². The molecule has 112 valence electrons. The van der Waals surface area contributed by atoms with Crippen molar-refractivity contribution < 1.29 is 4.79 Å². The van der Waals surface area contributed by atoms with E-state index in [1.54, 1.807) is 6.33 Å². The van der Waals surface area contributed by atoms with Crippen LogP contribution in [0.15, 0.2) is 29.7 Å². The number of Topliss-reactive ketones (excluding diaryl/α,β-unsaturated/α-hetero) is 1. The molecule has 2 rings (SSSR count). The third-order valence-electron chi connectivity index (χ3n) is 3.54. The van der Waals surface area contributed by atoms with Gasteiger partial charge >= 0.3 is 0 Å². The number of carbonyl (C=O) groups is 1. The van der Waals surface area contributed by atoms with Crippen LogP contribution in [-0.2, 0) is 0 Å². The minimum atomic E-state index is -0.186. The lowest BCUT2D eigenvalue weighted by Crippen LogP contribution is -2.15. The molecule has 0 fully saturated rings. The summed E-state index contributed by atoms with van der Waals surface area (Å²) in [6.07, 6.45) is 1.71. The molecule has 1 aromatic carbocycles. The van der Waals surface area contributed by atoms with Crippen LogP contribution in [0.25, 0.3) is 0 Å². The van der Waals surface area contributed by atoms with Crippen LogP contribution in [0.4, 0.5) is 0 Å². The zero-order chi connectivity index (χ0) is 15.6. The molecule has 21 heavy (non-hydrogen) atoms. The summed E-state index contributed by atoms with van der Waals surface area (Å²) in [4.78, 5) is 12.5. The van der Waals surface area contributed by atoms with Crippen LogP contribution in [0.5, 0.6) is 0 Å². The molecule has 0 spiro atoms. The lowest BCUT2D eigenvalue weighted by molar-refractivity contribution is 0.0993. The second kappa shape index (κ2) is 6.43. The second-order valence-electron chi connectivity index (χ2n) is 5.54. The number of benzene rings is 1. The van der Waals surface area contributed by atoms with E-state index in [1.165, 1.54) is 17.3 Å². The summed E-state index contributed by atoms with van der Waals surface area (Å²) >= 11 is 1.46. The molecule has 0 amide bonds. The van der Waals surface area contributed by atoms with Crippen LogP contribution >= 0.6 is 11.8 Å². The van der Waals surface area contributed by atoms with Gasteiger partial charge in [-0.3, -0.25) is 4.79 Å². The van der Waals surface area contributed by atoms with Crippen molar-refractivity contribution in [3.63, 3.8) is 0 Å². The predicted octanol–water partition coefficient (Wildman–Crippen LogP) is 3.84. The number of aryl methyl sites for hydroxylation is 2. The first kappa shape index (κ1) is 15.8. The van der Waals surface area contributed by atoms with Gasteiger partial charge in [0.1, 0.15) is 6.33 Å².